The third-order valence-electron chi connectivity index (χ3n) is 6.17. The number of nitrogens with one attached hydrogen (secondary N) is 1. The highest BCUT2D eigenvalue weighted by molar-refractivity contribution is 5.81. The highest BCUT2D eigenvalue weighted by Gasteiger charge is 2.33. The zero-order valence-corrected chi connectivity index (χ0v) is 19.9. The molecule has 3 heterocycles. The van der Waals surface area contributed by atoms with Gasteiger partial charge in [0.15, 0.2) is 0 Å². The van der Waals surface area contributed by atoms with Crippen molar-refractivity contribution in [2.75, 3.05) is 31.6 Å². The minimum atomic E-state index is -0.214. The molecular formula is C27H26N6O3. The van der Waals surface area contributed by atoms with Crippen LogP contribution in [0.2, 0.25) is 0 Å². The molecule has 182 valence electrons. The molecule has 4 aromatic rings. The number of carbonyl (C=O) groups is 1. The summed E-state index contributed by atoms with van der Waals surface area (Å²) in [5, 5.41) is 7.38. The van der Waals surface area contributed by atoms with E-state index >= 15 is 0 Å². The van der Waals surface area contributed by atoms with Crippen molar-refractivity contribution in [3.63, 3.8) is 0 Å². The molecule has 0 aliphatic carbocycles. The topological polar surface area (TPSA) is 102 Å². The zero-order chi connectivity index (χ0) is 24.9. The molecule has 0 spiro atoms. The number of benzene rings is 2. The number of hydrogen-bond acceptors (Lipinski definition) is 7. The Labute approximate surface area is 208 Å². The fourth-order valence-corrected chi connectivity index (χ4v) is 4.07. The van der Waals surface area contributed by atoms with E-state index in [1.54, 1.807) is 19.5 Å². The molecule has 36 heavy (non-hydrogen) atoms. The minimum absolute atomic E-state index is 0.0389. The fraction of sp³-hybridized carbons (Fsp3) is 0.222. The first kappa shape index (κ1) is 23.2. The number of nitrogens with zero attached hydrogens (tertiary/aromatic N) is 5. The van der Waals surface area contributed by atoms with E-state index in [0.717, 1.165) is 28.4 Å². The van der Waals surface area contributed by atoms with E-state index in [1.807, 2.05) is 60.7 Å². The highest BCUT2D eigenvalue weighted by atomic mass is 16.5. The van der Waals surface area contributed by atoms with Gasteiger partial charge in [0.05, 0.1) is 31.0 Å². The van der Waals surface area contributed by atoms with Gasteiger partial charge < -0.3 is 15.0 Å². The standard InChI is InChI=1S/C27H26N6O3/c1-36-22-9-7-20(8-10-22)23-11-12-26(34)33(31-23)14-13-28-27(35)21-16-32(17-21)25-15-24(29-18-30-25)19-5-3-2-4-6-19/h2-12,15,18,21H,13-14,16-17H2,1H3,(H,28,35). The quantitative estimate of drug-likeness (QED) is 0.412. The molecule has 1 fully saturated rings. The van der Waals surface area contributed by atoms with Crippen LogP contribution in [0.4, 0.5) is 5.82 Å². The number of amides is 1. The second-order valence-corrected chi connectivity index (χ2v) is 8.53. The summed E-state index contributed by atoms with van der Waals surface area (Å²) in [5.74, 6) is 1.39. The van der Waals surface area contributed by atoms with Gasteiger partial charge in [-0.1, -0.05) is 30.3 Å². The first-order valence-corrected chi connectivity index (χ1v) is 11.7. The monoisotopic (exact) mass is 482 g/mol. The molecule has 1 N–H and O–H groups in total. The molecule has 1 saturated heterocycles. The molecule has 0 unspecified atom stereocenters. The van der Waals surface area contributed by atoms with Crippen molar-refractivity contribution < 1.29 is 9.53 Å². The third kappa shape index (κ3) is 5.10. The molecule has 0 bridgehead atoms. The Kier molecular flexibility index (Phi) is 6.70. The van der Waals surface area contributed by atoms with Crippen molar-refractivity contribution in [3.05, 3.63) is 89.5 Å². The summed E-state index contributed by atoms with van der Waals surface area (Å²) >= 11 is 0. The van der Waals surface area contributed by atoms with Crippen LogP contribution in [0, 0.1) is 5.92 Å². The van der Waals surface area contributed by atoms with Gasteiger partial charge in [0.2, 0.25) is 5.91 Å². The van der Waals surface area contributed by atoms with E-state index < -0.39 is 0 Å². The van der Waals surface area contributed by atoms with Crippen molar-refractivity contribution in [1.29, 1.82) is 0 Å². The molecule has 9 heteroatoms. The van der Waals surface area contributed by atoms with Gasteiger partial charge in [-0.05, 0) is 30.3 Å². The molecule has 9 nitrogen and oxygen atoms in total. The van der Waals surface area contributed by atoms with Crippen molar-refractivity contribution in [2.24, 2.45) is 5.92 Å². The van der Waals surface area contributed by atoms with Crippen LogP contribution in [-0.2, 0) is 11.3 Å². The van der Waals surface area contributed by atoms with Gasteiger partial charge in [-0.25, -0.2) is 14.6 Å². The third-order valence-corrected chi connectivity index (χ3v) is 6.17. The second kappa shape index (κ2) is 10.4. The first-order chi connectivity index (χ1) is 17.6. The van der Waals surface area contributed by atoms with Crippen molar-refractivity contribution in [1.82, 2.24) is 25.1 Å². The normalized spacial score (nSPS) is 13.2. The summed E-state index contributed by atoms with van der Waals surface area (Å²) < 4.78 is 6.56. The maximum absolute atomic E-state index is 12.6. The van der Waals surface area contributed by atoms with Gasteiger partial charge in [0.1, 0.15) is 17.9 Å². The lowest BCUT2D eigenvalue weighted by molar-refractivity contribution is -0.125. The summed E-state index contributed by atoms with van der Waals surface area (Å²) in [6.45, 7) is 1.78. The Morgan fingerprint density at radius 1 is 0.972 bits per heavy atom. The highest BCUT2D eigenvalue weighted by Crippen LogP contribution is 2.26. The van der Waals surface area contributed by atoms with Crippen LogP contribution in [0.1, 0.15) is 0 Å². The van der Waals surface area contributed by atoms with E-state index in [0.29, 0.717) is 25.3 Å². The summed E-state index contributed by atoms with van der Waals surface area (Å²) in [7, 11) is 1.61. The SMILES string of the molecule is COc1ccc(-c2ccc(=O)n(CCNC(=O)C3CN(c4cc(-c5ccccc5)ncn4)C3)n2)cc1. The van der Waals surface area contributed by atoms with Gasteiger partial charge in [0.25, 0.3) is 5.56 Å². The fourth-order valence-electron chi connectivity index (χ4n) is 4.07. The van der Waals surface area contributed by atoms with E-state index in [9.17, 15) is 9.59 Å². The lowest BCUT2D eigenvalue weighted by atomic mass is 9.99. The Morgan fingerprint density at radius 2 is 1.72 bits per heavy atom. The first-order valence-electron chi connectivity index (χ1n) is 11.7. The molecule has 1 aliphatic rings. The number of methoxy groups -OCH3 is 1. The van der Waals surface area contributed by atoms with Crippen LogP contribution in [0.5, 0.6) is 5.75 Å². The number of aromatic nitrogens is 4. The van der Waals surface area contributed by atoms with E-state index in [4.69, 9.17) is 4.74 Å². The Hall–Kier alpha value is -4.53. The average molecular weight is 483 g/mol. The van der Waals surface area contributed by atoms with Gasteiger partial charge in [-0.15, -0.1) is 0 Å². The Balaban J connectivity index is 1.14. The van der Waals surface area contributed by atoms with E-state index in [-0.39, 0.29) is 23.9 Å². The van der Waals surface area contributed by atoms with Crippen LogP contribution in [0.3, 0.4) is 0 Å². The number of rotatable bonds is 8. The van der Waals surface area contributed by atoms with Crippen LogP contribution in [0.15, 0.2) is 83.9 Å². The summed E-state index contributed by atoms with van der Waals surface area (Å²) in [4.78, 5) is 35.7. The summed E-state index contributed by atoms with van der Waals surface area (Å²) in [6.07, 6.45) is 1.55. The molecule has 2 aromatic carbocycles. The maximum atomic E-state index is 12.6. The zero-order valence-electron chi connectivity index (χ0n) is 19.9. The molecule has 5 rings (SSSR count). The van der Waals surface area contributed by atoms with Crippen LogP contribution in [-0.4, -0.2) is 52.4 Å². The van der Waals surface area contributed by atoms with Gasteiger partial charge in [-0.2, -0.15) is 5.10 Å². The van der Waals surface area contributed by atoms with Gasteiger partial charge in [0, 0.05) is 42.9 Å². The Morgan fingerprint density at radius 3 is 2.47 bits per heavy atom. The molecule has 1 aliphatic heterocycles. The smallest absolute Gasteiger partial charge is 0.266 e. The number of ether oxygens (including phenoxy) is 1. The lowest BCUT2D eigenvalue weighted by Gasteiger charge is -2.39. The van der Waals surface area contributed by atoms with E-state index in [2.05, 4.69) is 25.3 Å². The molecule has 1 amide bonds. The van der Waals surface area contributed by atoms with Crippen molar-refractivity contribution in [3.8, 4) is 28.3 Å². The minimum Gasteiger partial charge on any atom is -0.497 e. The summed E-state index contributed by atoms with van der Waals surface area (Å²) in [6, 6.07) is 22.5. The predicted molar refractivity (Wildman–Crippen MR) is 137 cm³/mol. The molecule has 2 aromatic heterocycles. The largest absolute Gasteiger partial charge is 0.497 e. The molecule has 0 radical (unpaired) electrons. The molecular weight excluding hydrogens is 456 g/mol. The second-order valence-electron chi connectivity index (χ2n) is 8.53. The number of anilines is 1. The molecule has 0 atom stereocenters. The summed E-state index contributed by atoms with van der Waals surface area (Å²) in [5.41, 5.74) is 3.22. The number of carbonyl (C=O) groups excluding carboxylic acids is 1. The molecule has 0 saturated carbocycles. The lowest BCUT2D eigenvalue weighted by Crippen LogP contribution is -2.54. The van der Waals surface area contributed by atoms with Crippen LogP contribution >= 0.6 is 0 Å². The van der Waals surface area contributed by atoms with Gasteiger partial charge in [-0.3, -0.25) is 9.59 Å². The number of hydrogen-bond donors (Lipinski definition) is 1. The van der Waals surface area contributed by atoms with Gasteiger partial charge >= 0.3 is 0 Å². The predicted octanol–water partition coefficient (Wildman–Crippen LogP) is 2.63. The van der Waals surface area contributed by atoms with Crippen LogP contribution < -0.4 is 20.5 Å². The van der Waals surface area contributed by atoms with E-state index in [1.165, 1.54) is 10.7 Å². The maximum Gasteiger partial charge on any atom is 0.266 e. The Bertz CT molecular complexity index is 1400. The average Bonchev–Trinajstić information content (AvgIpc) is 2.90. The van der Waals surface area contributed by atoms with Crippen molar-refractivity contribution in [2.45, 2.75) is 6.54 Å². The van der Waals surface area contributed by atoms with Crippen molar-refractivity contribution >= 4 is 11.7 Å². The van der Waals surface area contributed by atoms with Crippen LogP contribution in [0.25, 0.3) is 22.5 Å².